The zero-order chi connectivity index (χ0) is 13.1. The molecule has 2 nitrogen and oxygen atoms in total. The number of furan rings is 1. The monoisotopic (exact) mass is 266 g/mol. The van der Waals surface area contributed by atoms with Crippen LogP contribution in [-0.2, 0) is 12.8 Å². The van der Waals surface area contributed by atoms with E-state index in [0.29, 0.717) is 6.42 Å². The largest absolute Gasteiger partial charge is 0.458 e. The first-order valence-electron chi connectivity index (χ1n) is 5.66. The van der Waals surface area contributed by atoms with Crippen LogP contribution in [0.25, 0.3) is 0 Å². The number of carbonyl (C=O) groups is 1. The van der Waals surface area contributed by atoms with Crippen LogP contribution >= 0.6 is 11.6 Å². The minimum atomic E-state index is -0.474. The maximum absolute atomic E-state index is 13.5. The van der Waals surface area contributed by atoms with Gasteiger partial charge in [0.1, 0.15) is 11.6 Å². The molecule has 0 saturated carbocycles. The Bertz CT molecular complexity index is 555. The molecule has 0 amide bonds. The molecule has 2 aromatic rings. The fourth-order valence-electron chi connectivity index (χ4n) is 1.67. The minimum absolute atomic E-state index is 0.0951. The van der Waals surface area contributed by atoms with Gasteiger partial charge in [0.2, 0.25) is 5.78 Å². The van der Waals surface area contributed by atoms with Crippen molar-refractivity contribution in [2.24, 2.45) is 0 Å². The van der Waals surface area contributed by atoms with Gasteiger partial charge >= 0.3 is 0 Å². The highest BCUT2D eigenvalue weighted by atomic mass is 35.5. The molecule has 0 unspecified atom stereocenters. The number of ketones is 1. The Morgan fingerprint density at radius 3 is 2.72 bits per heavy atom. The van der Waals surface area contributed by atoms with E-state index in [9.17, 15) is 9.18 Å². The lowest BCUT2D eigenvalue weighted by atomic mass is 10.1. The Labute approximate surface area is 109 Å². The van der Waals surface area contributed by atoms with Crippen LogP contribution in [0.4, 0.5) is 4.39 Å². The first kappa shape index (κ1) is 12.8. The van der Waals surface area contributed by atoms with Gasteiger partial charge in [-0.3, -0.25) is 4.79 Å². The molecule has 0 aliphatic carbocycles. The molecule has 0 aliphatic rings. The molecule has 2 rings (SSSR count). The molecular formula is C14H12ClFO2. The lowest BCUT2D eigenvalue weighted by Gasteiger charge is -2.03. The third-order valence-electron chi connectivity index (χ3n) is 2.68. The van der Waals surface area contributed by atoms with Crippen molar-refractivity contribution in [1.82, 2.24) is 0 Å². The van der Waals surface area contributed by atoms with Gasteiger partial charge in [-0.2, -0.15) is 0 Å². The molecule has 94 valence electrons. The predicted octanol–water partition coefficient (Wildman–Crippen LogP) is 4.06. The van der Waals surface area contributed by atoms with Crippen molar-refractivity contribution in [1.29, 1.82) is 0 Å². The highest BCUT2D eigenvalue weighted by molar-refractivity contribution is 6.31. The summed E-state index contributed by atoms with van der Waals surface area (Å²) in [5.41, 5.74) is 0.207. The van der Waals surface area contributed by atoms with E-state index >= 15 is 0 Å². The molecule has 1 heterocycles. The van der Waals surface area contributed by atoms with Crippen molar-refractivity contribution in [3.63, 3.8) is 0 Å². The van der Waals surface area contributed by atoms with Crippen LogP contribution in [-0.4, -0.2) is 5.78 Å². The van der Waals surface area contributed by atoms with Crippen LogP contribution in [0.1, 0.15) is 28.8 Å². The smallest absolute Gasteiger partial charge is 0.202 e. The Balaban J connectivity index is 2.21. The fourth-order valence-corrected chi connectivity index (χ4v) is 1.90. The number of benzene rings is 1. The first-order chi connectivity index (χ1) is 8.61. The van der Waals surface area contributed by atoms with Crippen LogP contribution in [0.3, 0.4) is 0 Å². The summed E-state index contributed by atoms with van der Waals surface area (Å²) in [6.07, 6.45) is 0.621. The van der Waals surface area contributed by atoms with Gasteiger partial charge in [0.25, 0.3) is 0 Å². The van der Waals surface area contributed by atoms with Crippen LogP contribution in [0.5, 0.6) is 0 Å². The molecule has 0 N–H and O–H groups in total. The second kappa shape index (κ2) is 5.36. The van der Waals surface area contributed by atoms with Gasteiger partial charge in [0, 0.05) is 23.4 Å². The van der Waals surface area contributed by atoms with Crippen LogP contribution in [0.2, 0.25) is 5.02 Å². The average molecular weight is 267 g/mol. The molecule has 0 aliphatic heterocycles. The van der Waals surface area contributed by atoms with Crippen molar-refractivity contribution in [2.75, 3.05) is 0 Å². The van der Waals surface area contributed by atoms with E-state index in [1.54, 1.807) is 18.2 Å². The molecule has 0 spiro atoms. The van der Waals surface area contributed by atoms with E-state index in [0.717, 1.165) is 5.76 Å². The summed E-state index contributed by atoms with van der Waals surface area (Å²) in [6, 6.07) is 7.71. The summed E-state index contributed by atoms with van der Waals surface area (Å²) in [6.45, 7) is 1.93. The van der Waals surface area contributed by atoms with Crippen LogP contribution in [0.15, 0.2) is 34.7 Å². The summed E-state index contributed by atoms with van der Waals surface area (Å²) in [7, 11) is 0. The van der Waals surface area contributed by atoms with Gasteiger partial charge in [-0.05, 0) is 24.3 Å². The summed E-state index contributed by atoms with van der Waals surface area (Å²) in [5.74, 6) is 0.226. The quantitative estimate of drug-likeness (QED) is 0.781. The molecule has 1 aromatic carbocycles. The van der Waals surface area contributed by atoms with E-state index in [1.165, 1.54) is 12.1 Å². The lowest BCUT2D eigenvalue weighted by molar-refractivity contribution is 0.0963. The zero-order valence-corrected chi connectivity index (χ0v) is 10.6. The highest BCUT2D eigenvalue weighted by Gasteiger charge is 2.16. The third kappa shape index (κ3) is 2.62. The highest BCUT2D eigenvalue weighted by Crippen LogP contribution is 2.21. The number of rotatable bonds is 4. The summed E-state index contributed by atoms with van der Waals surface area (Å²) in [5, 5.41) is 0.255. The van der Waals surface area contributed by atoms with Gasteiger partial charge in [0.05, 0.1) is 0 Å². The Morgan fingerprint density at radius 1 is 1.33 bits per heavy atom. The third-order valence-corrected chi connectivity index (χ3v) is 3.04. The van der Waals surface area contributed by atoms with E-state index in [1.807, 2.05) is 6.92 Å². The normalized spacial score (nSPS) is 10.6. The molecule has 18 heavy (non-hydrogen) atoms. The van der Waals surface area contributed by atoms with Crippen molar-refractivity contribution in [3.05, 3.63) is 58.3 Å². The van der Waals surface area contributed by atoms with Crippen molar-refractivity contribution >= 4 is 17.4 Å². The topological polar surface area (TPSA) is 30.2 Å². The standard InChI is InChI=1S/C14H12ClFO2/c1-2-9-6-7-14(18-9)13(17)8-10-11(15)4-3-5-12(10)16/h3-7H,2,8H2,1H3. The molecule has 0 fully saturated rings. The van der Waals surface area contributed by atoms with Crippen LogP contribution in [0, 0.1) is 5.82 Å². The number of hydrogen-bond donors (Lipinski definition) is 0. The number of carbonyl (C=O) groups excluding carboxylic acids is 1. The molecule has 0 saturated heterocycles. The van der Waals surface area contributed by atoms with Gasteiger partial charge in [-0.1, -0.05) is 24.6 Å². The van der Waals surface area contributed by atoms with Gasteiger partial charge in [-0.15, -0.1) is 0 Å². The number of aryl methyl sites for hydroxylation is 1. The molecule has 0 atom stereocenters. The van der Waals surface area contributed by atoms with E-state index in [-0.39, 0.29) is 28.6 Å². The van der Waals surface area contributed by atoms with Crippen molar-refractivity contribution < 1.29 is 13.6 Å². The summed E-state index contributed by atoms with van der Waals surface area (Å²) in [4.78, 5) is 11.9. The van der Waals surface area contributed by atoms with E-state index in [4.69, 9.17) is 16.0 Å². The second-order valence-electron chi connectivity index (χ2n) is 3.92. The predicted molar refractivity (Wildman–Crippen MR) is 67.5 cm³/mol. The Kier molecular flexibility index (Phi) is 3.82. The number of Topliss-reactive ketones (excluding diaryl/α,β-unsaturated/α-hetero) is 1. The molecule has 4 heteroatoms. The van der Waals surface area contributed by atoms with Gasteiger partial charge in [0.15, 0.2) is 5.76 Å². The molecule has 1 aromatic heterocycles. The minimum Gasteiger partial charge on any atom is -0.458 e. The van der Waals surface area contributed by atoms with Crippen LogP contribution < -0.4 is 0 Å². The zero-order valence-electron chi connectivity index (χ0n) is 9.87. The van der Waals surface area contributed by atoms with E-state index < -0.39 is 5.82 Å². The van der Waals surface area contributed by atoms with Crippen molar-refractivity contribution in [3.8, 4) is 0 Å². The van der Waals surface area contributed by atoms with Gasteiger partial charge in [-0.25, -0.2) is 4.39 Å². The molecule has 0 radical (unpaired) electrons. The number of hydrogen-bond acceptors (Lipinski definition) is 2. The number of halogens is 2. The van der Waals surface area contributed by atoms with Gasteiger partial charge < -0.3 is 4.42 Å². The molecule has 0 bridgehead atoms. The Hall–Kier alpha value is -1.61. The SMILES string of the molecule is CCc1ccc(C(=O)Cc2c(F)cccc2Cl)o1. The van der Waals surface area contributed by atoms with Crippen molar-refractivity contribution in [2.45, 2.75) is 19.8 Å². The molecular weight excluding hydrogens is 255 g/mol. The Morgan fingerprint density at radius 2 is 2.11 bits per heavy atom. The first-order valence-corrected chi connectivity index (χ1v) is 6.04. The fraction of sp³-hybridized carbons (Fsp3) is 0.214. The maximum atomic E-state index is 13.5. The average Bonchev–Trinajstić information content (AvgIpc) is 2.82. The second-order valence-corrected chi connectivity index (χ2v) is 4.33. The summed E-state index contributed by atoms with van der Waals surface area (Å²) >= 11 is 5.87. The summed E-state index contributed by atoms with van der Waals surface area (Å²) < 4.78 is 18.9. The van der Waals surface area contributed by atoms with E-state index in [2.05, 4.69) is 0 Å². The lowest BCUT2D eigenvalue weighted by Crippen LogP contribution is -2.04. The maximum Gasteiger partial charge on any atom is 0.202 e.